The number of aromatic nitrogens is 1. The molecule has 0 aliphatic heterocycles. The van der Waals surface area contributed by atoms with Crippen LogP contribution in [0.3, 0.4) is 0 Å². The molecule has 0 radical (unpaired) electrons. The number of halogens is 2. The number of hydrogen-bond donors (Lipinski definition) is 0. The highest BCUT2D eigenvalue weighted by Crippen LogP contribution is 2.39. The normalized spacial score (nSPS) is 10.6. The minimum absolute atomic E-state index is 0.768. The molecule has 0 saturated heterocycles. The molecule has 2 aromatic rings. The summed E-state index contributed by atoms with van der Waals surface area (Å²) in [5.41, 5.74) is 3.86. The van der Waals surface area contributed by atoms with Crippen molar-refractivity contribution in [1.82, 2.24) is 4.98 Å². The van der Waals surface area contributed by atoms with E-state index in [9.17, 15) is 0 Å². The molecule has 0 saturated carbocycles. The monoisotopic (exact) mass is 331 g/mol. The molecule has 1 aromatic heterocycles. The van der Waals surface area contributed by atoms with E-state index in [-0.39, 0.29) is 0 Å². The van der Waals surface area contributed by atoms with Crippen molar-refractivity contribution in [2.24, 2.45) is 0 Å². The molecule has 0 aliphatic rings. The fourth-order valence-corrected chi connectivity index (χ4v) is 2.92. The Hall–Kier alpha value is -0.580. The first-order valence-corrected chi connectivity index (χ1v) is 7.04. The van der Waals surface area contributed by atoms with Crippen molar-refractivity contribution >= 4 is 38.9 Å². The van der Waals surface area contributed by atoms with Gasteiger partial charge in [-0.3, -0.25) is 0 Å². The fourth-order valence-electron chi connectivity index (χ4n) is 1.77. The third kappa shape index (κ3) is 2.34. The molecule has 1 heterocycles. The first-order valence-electron chi connectivity index (χ1n) is 4.99. The molecule has 17 heavy (non-hydrogen) atoms. The Labute approximate surface area is 118 Å². The highest BCUT2D eigenvalue weighted by molar-refractivity contribution is 9.11. The van der Waals surface area contributed by atoms with Gasteiger partial charge in [-0.15, -0.1) is 11.3 Å². The molecule has 0 atom stereocenters. The minimum atomic E-state index is 0.768. The van der Waals surface area contributed by atoms with Gasteiger partial charge in [0.25, 0.3) is 0 Å². The number of methoxy groups -OCH3 is 1. The topological polar surface area (TPSA) is 22.1 Å². The lowest BCUT2D eigenvalue weighted by atomic mass is 10.0. The predicted molar refractivity (Wildman–Crippen MR) is 76.3 cm³/mol. The second-order valence-electron chi connectivity index (χ2n) is 3.70. The van der Waals surface area contributed by atoms with E-state index in [1.807, 2.05) is 25.3 Å². The summed E-state index contributed by atoms with van der Waals surface area (Å²) < 4.78 is 6.27. The predicted octanol–water partition coefficient (Wildman–Crippen LogP) is 4.85. The van der Waals surface area contributed by atoms with Crippen molar-refractivity contribution in [2.75, 3.05) is 7.11 Å². The molecule has 90 valence electrons. The van der Waals surface area contributed by atoms with E-state index in [4.69, 9.17) is 16.3 Å². The van der Waals surface area contributed by atoms with Crippen LogP contribution in [0.4, 0.5) is 0 Å². The van der Waals surface area contributed by atoms with Crippen LogP contribution in [0.5, 0.6) is 5.75 Å². The summed E-state index contributed by atoms with van der Waals surface area (Å²) in [6.07, 6.45) is 0. The Morgan fingerprint density at radius 3 is 2.65 bits per heavy atom. The van der Waals surface area contributed by atoms with Crippen LogP contribution in [0.15, 0.2) is 15.4 Å². The maximum Gasteiger partial charge on any atom is 0.159 e. The van der Waals surface area contributed by atoms with Gasteiger partial charge < -0.3 is 4.74 Å². The molecule has 0 fully saturated rings. The summed E-state index contributed by atoms with van der Waals surface area (Å²) in [5.74, 6) is 0.808. The quantitative estimate of drug-likeness (QED) is 0.784. The van der Waals surface area contributed by atoms with Crippen LogP contribution >= 0.6 is 38.9 Å². The summed E-state index contributed by atoms with van der Waals surface area (Å²) in [6, 6.07) is 1.94. The van der Waals surface area contributed by atoms with E-state index in [1.165, 1.54) is 0 Å². The first-order chi connectivity index (χ1) is 8.04. The smallest absolute Gasteiger partial charge is 0.159 e. The van der Waals surface area contributed by atoms with E-state index in [0.717, 1.165) is 37.1 Å². The molecule has 0 unspecified atom stereocenters. The number of ether oxygens (including phenoxy) is 1. The lowest BCUT2D eigenvalue weighted by molar-refractivity contribution is 0.415. The number of hydrogen-bond acceptors (Lipinski definition) is 3. The van der Waals surface area contributed by atoms with Crippen LogP contribution in [0.25, 0.3) is 11.3 Å². The Kier molecular flexibility index (Phi) is 3.76. The average molecular weight is 333 g/mol. The summed E-state index contributed by atoms with van der Waals surface area (Å²) in [5, 5.41) is 2.76. The van der Waals surface area contributed by atoms with Crippen LogP contribution in [-0.2, 0) is 0 Å². The van der Waals surface area contributed by atoms with E-state index >= 15 is 0 Å². The number of nitrogens with zero attached hydrogens (tertiary/aromatic N) is 1. The van der Waals surface area contributed by atoms with Crippen LogP contribution in [0.1, 0.15) is 11.1 Å². The molecule has 5 heteroatoms. The second-order valence-corrected chi connectivity index (χ2v) is 6.21. The Bertz CT molecular complexity index is 568. The summed E-state index contributed by atoms with van der Waals surface area (Å²) in [6.45, 7) is 3.96. The van der Waals surface area contributed by atoms with Crippen molar-refractivity contribution in [3.63, 3.8) is 0 Å². The van der Waals surface area contributed by atoms with Gasteiger partial charge in [0.1, 0.15) is 5.75 Å². The van der Waals surface area contributed by atoms with Crippen LogP contribution < -0.4 is 4.74 Å². The number of rotatable bonds is 2. The molecule has 2 rings (SSSR count). The van der Waals surface area contributed by atoms with Gasteiger partial charge in [0.15, 0.2) is 3.92 Å². The highest BCUT2D eigenvalue weighted by atomic mass is 79.9. The highest BCUT2D eigenvalue weighted by Gasteiger charge is 2.16. The lowest BCUT2D eigenvalue weighted by Gasteiger charge is -2.13. The van der Waals surface area contributed by atoms with Crippen molar-refractivity contribution in [1.29, 1.82) is 0 Å². The Balaban J connectivity index is 2.71. The average Bonchev–Trinajstić information content (AvgIpc) is 2.71. The van der Waals surface area contributed by atoms with Crippen molar-refractivity contribution in [3.8, 4) is 17.0 Å². The van der Waals surface area contributed by atoms with Gasteiger partial charge >= 0.3 is 0 Å². The first kappa shape index (κ1) is 12.9. The lowest BCUT2D eigenvalue weighted by Crippen LogP contribution is -1.94. The summed E-state index contributed by atoms with van der Waals surface area (Å²) >= 11 is 11.2. The van der Waals surface area contributed by atoms with Gasteiger partial charge in [-0.05, 0) is 47.0 Å². The standard InChI is InChI=1S/C12H11BrClNOS/c1-6-4-9(16-3)10(7(2)11(6)14)8-5-17-12(13)15-8/h4-5H,1-3H3. The Morgan fingerprint density at radius 2 is 2.12 bits per heavy atom. The van der Waals surface area contributed by atoms with E-state index in [0.29, 0.717) is 0 Å². The van der Waals surface area contributed by atoms with E-state index in [2.05, 4.69) is 20.9 Å². The summed E-state index contributed by atoms with van der Waals surface area (Å²) in [4.78, 5) is 4.42. The zero-order valence-electron chi connectivity index (χ0n) is 9.67. The Morgan fingerprint density at radius 1 is 1.41 bits per heavy atom. The van der Waals surface area contributed by atoms with Crippen molar-refractivity contribution in [3.05, 3.63) is 31.5 Å². The van der Waals surface area contributed by atoms with Crippen LogP contribution in [-0.4, -0.2) is 12.1 Å². The van der Waals surface area contributed by atoms with E-state index < -0.39 is 0 Å². The third-order valence-electron chi connectivity index (χ3n) is 2.60. The van der Waals surface area contributed by atoms with Gasteiger partial charge in [-0.2, -0.15) is 0 Å². The largest absolute Gasteiger partial charge is 0.496 e. The zero-order chi connectivity index (χ0) is 12.6. The molecule has 0 N–H and O–H groups in total. The molecular formula is C12H11BrClNOS. The molecule has 2 nitrogen and oxygen atoms in total. The molecule has 0 aliphatic carbocycles. The fraction of sp³-hybridized carbons (Fsp3) is 0.250. The molecular weight excluding hydrogens is 322 g/mol. The third-order valence-corrected chi connectivity index (χ3v) is 4.54. The number of thiazole rings is 1. The minimum Gasteiger partial charge on any atom is -0.496 e. The van der Waals surface area contributed by atoms with Crippen molar-refractivity contribution in [2.45, 2.75) is 13.8 Å². The van der Waals surface area contributed by atoms with E-state index in [1.54, 1.807) is 18.4 Å². The number of benzene rings is 1. The number of aryl methyl sites for hydroxylation is 1. The van der Waals surface area contributed by atoms with Gasteiger partial charge in [0.2, 0.25) is 0 Å². The molecule has 1 aromatic carbocycles. The molecule has 0 bridgehead atoms. The SMILES string of the molecule is COc1cc(C)c(Cl)c(C)c1-c1csc(Br)n1. The molecule has 0 spiro atoms. The van der Waals surface area contributed by atoms with Gasteiger partial charge in [-0.25, -0.2) is 4.98 Å². The van der Waals surface area contributed by atoms with Gasteiger partial charge in [-0.1, -0.05) is 11.6 Å². The summed E-state index contributed by atoms with van der Waals surface area (Å²) in [7, 11) is 1.66. The molecule has 0 amide bonds. The van der Waals surface area contributed by atoms with Gasteiger partial charge in [0, 0.05) is 16.0 Å². The second kappa shape index (κ2) is 4.96. The van der Waals surface area contributed by atoms with Crippen LogP contribution in [0, 0.1) is 13.8 Å². The van der Waals surface area contributed by atoms with Crippen molar-refractivity contribution < 1.29 is 4.74 Å². The van der Waals surface area contributed by atoms with Gasteiger partial charge in [0.05, 0.1) is 12.8 Å². The maximum absolute atomic E-state index is 6.28. The van der Waals surface area contributed by atoms with Crippen LogP contribution in [0.2, 0.25) is 5.02 Å². The zero-order valence-corrected chi connectivity index (χ0v) is 12.8. The maximum atomic E-state index is 6.28.